The fourth-order valence-corrected chi connectivity index (χ4v) is 4.22. The lowest BCUT2D eigenvalue weighted by molar-refractivity contribution is -0.143. The molecule has 4 nitrogen and oxygen atoms in total. The molecule has 0 bridgehead atoms. The van der Waals surface area contributed by atoms with Crippen molar-refractivity contribution in [3.63, 3.8) is 0 Å². The first-order chi connectivity index (χ1) is 18.0. The molecule has 1 amide bonds. The van der Waals surface area contributed by atoms with E-state index in [2.05, 4.69) is 5.32 Å². The van der Waals surface area contributed by atoms with Crippen LogP contribution in [0.3, 0.4) is 0 Å². The average molecular weight is 554 g/mol. The van der Waals surface area contributed by atoms with E-state index in [0.29, 0.717) is 23.3 Å². The maximum absolute atomic E-state index is 13.5. The van der Waals surface area contributed by atoms with Gasteiger partial charge < -0.3 is 14.8 Å². The number of rotatable bonds is 7. The van der Waals surface area contributed by atoms with Crippen molar-refractivity contribution in [2.45, 2.75) is 63.9 Å². The summed E-state index contributed by atoms with van der Waals surface area (Å²) in [4.78, 5) is 12.7. The molecule has 0 aliphatic heterocycles. The molecule has 0 fully saturated rings. The average Bonchev–Trinajstić information content (AvgIpc) is 2.83. The third kappa shape index (κ3) is 7.53. The lowest BCUT2D eigenvalue weighted by Gasteiger charge is -2.40. The molecule has 0 aliphatic carbocycles. The number of hydrogen-bond acceptors (Lipinski definition) is 3. The van der Waals surface area contributed by atoms with Crippen LogP contribution < -0.4 is 5.32 Å². The molecule has 3 rings (SSSR count). The minimum absolute atomic E-state index is 0.0673. The highest BCUT2D eigenvalue weighted by Gasteiger charge is 2.43. The smallest absolute Gasteiger partial charge is 0.416 e. The Kier molecular flexibility index (Phi) is 8.69. The molecule has 1 N–H and O–H groups in total. The van der Waals surface area contributed by atoms with E-state index in [0.717, 1.165) is 0 Å². The molecule has 0 unspecified atom stereocenters. The Morgan fingerprint density at radius 3 is 1.56 bits per heavy atom. The number of halogens is 6. The fraction of sp³-hybridized carbons (Fsp3) is 0.345. The van der Waals surface area contributed by atoms with E-state index in [1.165, 1.54) is 0 Å². The maximum Gasteiger partial charge on any atom is 0.416 e. The summed E-state index contributed by atoms with van der Waals surface area (Å²) in [7, 11) is 0. The normalized spacial score (nSPS) is 13.6. The van der Waals surface area contributed by atoms with Crippen LogP contribution in [0.25, 0.3) is 0 Å². The minimum Gasteiger partial charge on any atom is -0.444 e. The molecule has 3 aromatic carbocycles. The molecule has 0 aliphatic rings. The summed E-state index contributed by atoms with van der Waals surface area (Å²) in [5.41, 5.74) is -4.53. The van der Waals surface area contributed by atoms with Crippen LogP contribution >= 0.6 is 0 Å². The third-order valence-corrected chi connectivity index (χ3v) is 5.86. The number of hydrogen-bond donors (Lipinski definition) is 1. The van der Waals surface area contributed by atoms with Gasteiger partial charge in [0.1, 0.15) is 11.2 Å². The van der Waals surface area contributed by atoms with Crippen molar-refractivity contribution in [1.82, 2.24) is 5.32 Å². The van der Waals surface area contributed by atoms with E-state index in [4.69, 9.17) is 9.47 Å². The highest BCUT2D eigenvalue weighted by Crippen LogP contribution is 2.40. The van der Waals surface area contributed by atoms with E-state index in [-0.39, 0.29) is 11.6 Å². The third-order valence-electron chi connectivity index (χ3n) is 5.86. The summed E-state index contributed by atoms with van der Waals surface area (Å²) >= 11 is 0. The topological polar surface area (TPSA) is 47.6 Å². The van der Waals surface area contributed by atoms with Gasteiger partial charge in [-0.05, 0) is 62.6 Å². The Labute approximate surface area is 222 Å². The van der Waals surface area contributed by atoms with Crippen LogP contribution in [0.15, 0.2) is 78.9 Å². The van der Waals surface area contributed by atoms with E-state index >= 15 is 0 Å². The molecular formula is C29H29F6NO3. The van der Waals surface area contributed by atoms with E-state index in [1.807, 2.05) is 0 Å². The number of benzene rings is 3. The zero-order valence-electron chi connectivity index (χ0n) is 21.8. The summed E-state index contributed by atoms with van der Waals surface area (Å²) in [5.74, 6) is 0. The van der Waals surface area contributed by atoms with Crippen molar-refractivity contribution in [3.05, 3.63) is 107 Å². The Hall–Kier alpha value is -3.53. The first-order valence-corrected chi connectivity index (χ1v) is 12.1. The molecule has 0 spiro atoms. The minimum atomic E-state index is -5.00. The highest BCUT2D eigenvalue weighted by molar-refractivity contribution is 5.68. The molecule has 39 heavy (non-hydrogen) atoms. The van der Waals surface area contributed by atoms with Gasteiger partial charge in [-0.15, -0.1) is 0 Å². The van der Waals surface area contributed by atoms with Gasteiger partial charge in [-0.3, -0.25) is 0 Å². The number of alkyl carbamates (subject to hydrolysis) is 1. The zero-order chi connectivity index (χ0) is 29.1. The molecule has 3 aromatic rings. The second kappa shape index (κ2) is 11.3. The number of carbonyl (C=O) groups excluding carboxylic acids is 1. The van der Waals surface area contributed by atoms with Crippen LogP contribution in [-0.2, 0) is 34.0 Å². The van der Waals surface area contributed by atoms with Crippen LogP contribution in [0.5, 0.6) is 0 Å². The Morgan fingerprint density at radius 1 is 0.744 bits per heavy atom. The fourth-order valence-electron chi connectivity index (χ4n) is 4.22. The Balaban J connectivity index is 2.14. The molecule has 0 heterocycles. The van der Waals surface area contributed by atoms with Crippen LogP contribution in [0, 0.1) is 0 Å². The quantitative estimate of drug-likeness (QED) is 0.301. The Morgan fingerprint density at radius 2 is 1.18 bits per heavy atom. The number of alkyl halides is 6. The van der Waals surface area contributed by atoms with Gasteiger partial charge in [0.2, 0.25) is 0 Å². The SMILES string of the molecule is C[C@H](NC(=O)OC(C)(C)C)C(OCc1cc(C(F)(F)F)cc(C(F)(F)F)c1)(c1ccccc1)c1ccccc1. The summed E-state index contributed by atoms with van der Waals surface area (Å²) in [5, 5.41) is 2.74. The van der Waals surface area contributed by atoms with Crippen molar-refractivity contribution < 1.29 is 40.6 Å². The monoisotopic (exact) mass is 553 g/mol. The number of carbonyl (C=O) groups is 1. The van der Waals surface area contributed by atoms with Crippen molar-refractivity contribution in [3.8, 4) is 0 Å². The van der Waals surface area contributed by atoms with Gasteiger partial charge in [0, 0.05) is 0 Å². The predicted octanol–water partition coefficient (Wildman–Crippen LogP) is 8.10. The molecular weight excluding hydrogens is 524 g/mol. The summed E-state index contributed by atoms with van der Waals surface area (Å²) < 4.78 is 92.6. The van der Waals surface area contributed by atoms with Gasteiger partial charge in [0.15, 0.2) is 0 Å². The second-order valence-corrected chi connectivity index (χ2v) is 10.0. The molecule has 1 atom stereocenters. The van der Waals surface area contributed by atoms with Gasteiger partial charge in [0.25, 0.3) is 0 Å². The molecule has 0 aromatic heterocycles. The lowest BCUT2D eigenvalue weighted by Crippen LogP contribution is -2.52. The van der Waals surface area contributed by atoms with Crippen molar-refractivity contribution in [1.29, 1.82) is 0 Å². The van der Waals surface area contributed by atoms with Crippen molar-refractivity contribution in [2.24, 2.45) is 0 Å². The summed E-state index contributed by atoms with van der Waals surface area (Å²) in [6, 6.07) is 17.6. The van der Waals surface area contributed by atoms with Gasteiger partial charge in [-0.2, -0.15) is 26.3 Å². The first kappa shape index (κ1) is 30.0. The molecule has 10 heteroatoms. The highest BCUT2D eigenvalue weighted by atomic mass is 19.4. The largest absolute Gasteiger partial charge is 0.444 e. The predicted molar refractivity (Wildman–Crippen MR) is 134 cm³/mol. The lowest BCUT2D eigenvalue weighted by atomic mass is 9.80. The van der Waals surface area contributed by atoms with E-state index in [9.17, 15) is 31.1 Å². The van der Waals surface area contributed by atoms with Crippen LogP contribution in [-0.4, -0.2) is 17.7 Å². The summed E-state index contributed by atoms with van der Waals surface area (Å²) in [6.07, 6.45) is -10.8. The first-order valence-electron chi connectivity index (χ1n) is 12.1. The Bertz CT molecular complexity index is 1180. The van der Waals surface area contributed by atoms with E-state index in [1.54, 1.807) is 88.4 Å². The van der Waals surface area contributed by atoms with Gasteiger partial charge >= 0.3 is 18.4 Å². The number of amides is 1. The van der Waals surface area contributed by atoms with Crippen LogP contribution in [0.2, 0.25) is 0 Å². The molecule has 0 radical (unpaired) electrons. The van der Waals surface area contributed by atoms with Crippen molar-refractivity contribution in [2.75, 3.05) is 0 Å². The zero-order valence-corrected chi connectivity index (χ0v) is 21.8. The standard InChI is InChI=1S/C29H29F6NO3/c1-19(36-25(37)39-26(2,3)4)27(21-11-7-5-8-12-21,22-13-9-6-10-14-22)38-18-20-15-23(28(30,31)32)17-24(16-20)29(33,34)35/h5-17,19H,18H2,1-4H3,(H,36,37)/t19-/m0/s1. The van der Waals surface area contributed by atoms with Crippen molar-refractivity contribution >= 4 is 6.09 Å². The van der Waals surface area contributed by atoms with Gasteiger partial charge in [-0.25, -0.2) is 4.79 Å². The molecule has 0 saturated carbocycles. The van der Waals surface area contributed by atoms with E-state index < -0.39 is 53.4 Å². The summed E-state index contributed by atoms with van der Waals surface area (Å²) in [6.45, 7) is 6.04. The second-order valence-electron chi connectivity index (χ2n) is 10.0. The van der Waals surface area contributed by atoms with Gasteiger partial charge in [-0.1, -0.05) is 60.7 Å². The molecule has 210 valence electrons. The molecule has 0 saturated heterocycles. The van der Waals surface area contributed by atoms with Crippen LogP contribution in [0.4, 0.5) is 31.1 Å². The maximum atomic E-state index is 13.5. The number of nitrogens with one attached hydrogen (secondary N) is 1. The van der Waals surface area contributed by atoms with Gasteiger partial charge in [0.05, 0.1) is 23.8 Å². The van der Waals surface area contributed by atoms with Crippen LogP contribution in [0.1, 0.15) is 55.5 Å². The number of ether oxygens (including phenoxy) is 2.